The fourth-order valence-electron chi connectivity index (χ4n) is 3.52. The number of fused-ring (bicyclic) bond motifs is 1. The zero-order valence-corrected chi connectivity index (χ0v) is 20.5. The van der Waals surface area contributed by atoms with Gasteiger partial charge in [0.25, 0.3) is 0 Å². The van der Waals surface area contributed by atoms with Gasteiger partial charge in [-0.25, -0.2) is 9.98 Å². The van der Waals surface area contributed by atoms with Gasteiger partial charge in [0, 0.05) is 31.7 Å². The first-order valence-electron chi connectivity index (χ1n) is 10.2. The second kappa shape index (κ2) is 10.4. The fourth-order valence-corrected chi connectivity index (χ4v) is 3.52. The van der Waals surface area contributed by atoms with Crippen molar-refractivity contribution in [2.24, 2.45) is 4.99 Å². The number of hydrogen-bond donors (Lipinski definition) is 2. The van der Waals surface area contributed by atoms with Gasteiger partial charge in [-0.2, -0.15) is 0 Å². The number of aliphatic imine (C=N–C) groups is 1. The van der Waals surface area contributed by atoms with Crippen LogP contribution in [0.25, 0.3) is 0 Å². The topological polar surface area (TPSA) is 65.7 Å². The Balaban J connectivity index is 0.00000300. The van der Waals surface area contributed by atoms with Crippen LogP contribution >= 0.6 is 24.0 Å². The van der Waals surface area contributed by atoms with Crippen molar-refractivity contribution in [2.75, 3.05) is 19.6 Å². The maximum Gasteiger partial charge on any atom is 0.216 e. The third-order valence-electron chi connectivity index (χ3n) is 5.46. The van der Waals surface area contributed by atoms with E-state index in [0.717, 1.165) is 50.0 Å². The minimum Gasteiger partial charge on any atom is -0.444 e. The lowest BCUT2D eigenvalue weighted by atomic mass is 9.94. The number of nitrogens with one attached hydrogen (secondary N) is 2. The molecule has 6 nitrogen and oxygen atoms in total. The standard InChI is InChI=1S/C22H33N5O.HI/c1-6-23-21(24-13-20-26-16(2)17(3)28-20)25-15-22(4,5)27-12-11-18-9-7-8-10-19(18)14-27;/h7-10H,6,11-15H2,1-5H3,(H2,23,24,25);1H. The molecule has 29 heavy (non-hydrogen) atoms. The summed E-state index contributed by atoms with van der Waals surface area (Å²) in [6.45, 7) is 14.7. The van der Waals surface area contributed by atoms with E-state index in [-0.39, 0.29) is 29.5 Å². The van der Waals surface area contributed by atoms with Crippen LogP contribution in [0, 0.1) is 13.8 Å². The number of oxazole rings is 1. The van der Waals surface area contributed by atoms with Gasteiger partial charge in [-0.3, -0.25) is 4.90 Å². The highest BCUT2D eigenvalue weighted by Crippen LogP contribution is 2.24. The second-order valence-electron chi connectivity index (χ2n) is 8.05. The van der Waals surface area contributed by atoms with E-state index in [2.05, 4.69) is 70.5 Å². The monoisotopic (exact) mass is 511 g/mol. The first kappa shape index (κ1) is 23.7. The van der Waals surface area contributed by atoms with Crippen LogP contribution in [0.4, 0.5) is 0 Å². The molecular weight excluding hydrogens is 477 g/mol. The maximum absolute atomic E-state index is 5.63. The largest absolute Gasteiger partial charge is 0.444 e. The Kier molecular flexibility index (Phi) is 8.51. The SMILES string of the molecule is CCNC(=NCc1nc(C)c(C)o1)NCC(C)(C)N1CCc2ccccc2C1.I. The number of aromatic nitrogens is 1. The molecule has 0 saturated heterocycles. The van der Waals surface area contributed by atoms with Gasteiger partial charge in [0.05, 0.1) is 5.69 Å². The molecule has 2 N–H and O–H groups in total. The predicted molar refractivity (Wildman–Crippen MR) is 129 cm³/mol. The molecule has 1 aromatic carbocycles. The van der Waals surface area contributed by atoms with Crippen LogP contribution in [0.15, 0.2) is 33.7 Å². The van der Waals surface area contributed by atoms with Gasteiger partial charge in [-0.1, -0.05) is 24.3 Å². The van der Waals surface area contributed by atoms with Gasteiger partial charge >= 0.3 is 0 Å². The molecule has 0 saturated carbocycles. The van der Waals surface area contributed by atoms with Gasteiger partial charge in [-0.05, 0) is 52.2 Å². The number of benzene rings is 1. The smallest absolute Gasteiger partial charge is 0.216 e. The van der Waals surface area contributed by atoms with Crippen molar-refractivity contribution in [3.8, 4) is 0 Å². The van der Waals surface area contributed by atoms with Gasteiger partial charge in [0.15, 0.2) is 5.96 Å². The van der Waals surface area contributed by atoms with Gasteiger partial charge in [0.1, 0.15) is 12.3 Å². The summed E-state index contributed by atoms with van der Waals surface area (Å²) >= 11 is 0. The summed E-state index contributed by atoms with van der Waals surface area (Å²) in [4.78, 5) is 11.6. The van der Waals surface area contributed by atoms with Crippen molar-refractivity contribution in [2.45, 2.75) is 59.7 Å². The molecule has 1 aromatic heterocycles. The lowest BCUT2D eigenvalue weighted by molar-refractivity contribution is 0.107. The Morgan fingerprint density at radius 3 is 2.59 bits per heavy atom. The first-order chi connectivity index (χ1) is 13.4. The van der Waals surface area contributed by atoms with Crippen LogP contribution in [0.5, 0.6) is 0 Å². The number of aryl methyl sites for hydroxylation is 2. The van der Waals surface area contributed by atoms with E-state index in [1.807, 2.05) is 13.8 Å². The molecule has 2 aromatic rings. The Morgan fingerprint density at radius 2 is 1.93 bits per heavy atom. The Labute approximate surface area is 191 Å². The molecule has 0 spiro atoms. The summed E-state index contributed by atoms with van der Waals surface area (Å²) in [5.74, 6) is 2.30. The molecule has 7 heteroatoms. The molecule has 1 aliphatic rings. The number of nitrogens with zero attached hydrogens (tertiary/aromatic N) is 3. The summed E-state index contributed by atoms with van der Waals surface area (Å²) in [6, 6.07) is 8.77. The zero-order valence-electron chi connectivity index (χ0n) is 18.2. The summed E-state index contributed by atoms with van der Waals surface area (Å²) in [5, 5.41) is 6.82. The normalized spacial score (nSPS) is 14.9. The van der Waals surface area contributed by atoms with Crippen LogP contribution in [0.1, 0.15) is 49.2 Å². The predicted octanol–water partition coefficient (Wildman–Crippen LogP) is 3.80. The van der Waals surface area contributed by atoms with Crippen molar-refractivity contribution < 1.29 is 4.42 Å². The zero-order chi connectivity index (χ0) is 20.1. The van der Waals surface area contributed by atoms with Crippen molar-refractivity contribution in [3.63, 3.8) is 0 Å². The molecule has 0 bridgehead atoms. The molecule has 160 valence electrons. The summed E-state index contributed by atoms with van der Waals surface area (Å²) in [6.07, 6.45) is 1.11. The molecule has 3 rings (SSSR count). The molecular formula is C22H34IN5O. The second-order valence-corrected chi connectivity index (χ2v) is 8.05. The Morgan fingerprint density at radius 1 is 1.21 bits per heavy atom. The highest BCUT2D eigenvalue weighted by Gasteiger charge is 2.29. The van der Waals surface area contributed by atoms with Crippen molar-refractivity contribution >= 4 is 29.9 Å². The van der Waals surface area contributed by atoms with Crippen LogP contribution in [-0.2, 0) is 19.5 Å². The molecule has 2 heterocycles. The van der Waals surface area contributed by atoms with E-state index in [9.17, 15) is 0 Å². The van der Waals surface area contributed by atoms with E-state index in [0.29, 0.717) is 12.4 Å². The minimum atomic E-state index is 0. The molecule has 0 fully saturated rings. The van der Waals surface area contributed by atoms with Gasteiger partial charge in [0.2, 0.25) is 5.89 Å². The van der Waals surface area contributed by atoms with Crippen LogP contribution < -0.4 is 10.6 Å². The highest BCUT2D eigenvalue weighted by atomic mass is 127. The van der Waals surface area contributed by atoms with Crippen LogP contribution in [0.3, 0.4) is 0 Å². The number of hydrogen-bond acceptors (Lipinski definition) is 4. The Hall–Kier alpha value is -1.61. The molecule has 0 unspecified atom stereocenters. The fraction of sp³-hybridized carbons (Fsp3) is 0.545. The summed E-state index contributed by atoms with van der Waals surface area (Å²) in [5.41, 5.74) is 3.86. The van der Waals surface area contributed by atoms with Gasteiger partial charge in [-0.15, -0.1) is 24.0 Å². The minimum absolute atomic E-state index is 0. The lowest BCUT2D eigenvalue weighted by Crippen LogP contribution is -2.54. The van der Waals surface area contributed by atoms with E-state index < -0.39 is 0 Å². The average molecular weight is 511 g/mol. The van der Waals surface area contributed by atoms with Crippen LogP contribution in [-0.4, -0.2) is 41.0 Å². The maximum atomic E-state index is 5.63. The van der Waals surface area contributed by atoms with E-state index >= 15 is 0 Å². The van der Waals surface area contributed by atoms with E-state index in [1.165, 1.54) is 11.1 Å². The van der Waals surface area contributed by atoms with Crippen molar-refractivity contribution in [1.82, 2.24) is 20.5 Å². The van der Waals surface area contributed by atoms with Crippen molar-refractivity contribution in [3.05, 3.63) is 52.7 Å². The third kappa shape index (κ3) is 6.18. The molecule has 0 aliphatic carbocycles. The number of rotatable bonds is 6. The quantitative estimate of drug-likeness (QED) is 0.351. The van der Waals surface area contributed by atoms with Crippen LogP contribution in [0.2, 0.25) is 0 Å². The van der Waals surface area contributed by atoms with Gasteiger partial charge < -0.3 is 15.1 Å². The molecule has 0 radical (unpaired) electrons. The summed E-state index contributed by atoms with van der Waals surface area (Å²) < 4.78 is 5.63. The number of halogens is 1. The van der Waals surface area contributed by atoms with E-state index in [4.69, 9.17) is 4.42 Å². The lowest BCUT2D eigenvalue weighted by Gasteiger charge is -2.42. The molecule has 0 amide bonds. The highest BCUT2D eigenvalue weighted by molar-refractivity contribution is 14.0. The summed E-state index contributed by atoms with van der Waals surface area (Å²) in [7, 11) is 0. The molecule has 1 aliphatic heterocycles. The van der Waals surface area contributed by atoms with E-state index in [1.54, 1.807) is 0 Å². The third-order valence-corrected chi connectivity index (χ3v) is 5.46. The number of guanidine groups is 1. The van der Waals surface area contributed by atoms with Crippen molar-refractivity contribution in [1.29, 1.82) is 0 Å². The average Bonchev–Trinajstić information content (AvgIpc) is 3.01. The molecule has 0 atom stereocenters. The Bertz CT molecular complexity index is 811. The first-order valence-corrected chi connectivity index (χ1v) is 10.2.